The Hall–Kier alpha value is -2.83. The standard InChI is InChI=1S/C23H25ClN4O2/c1-14-5-8-16(9-6-14)21-22(30-4)20(23(29)25-17-12-27(3)13-17)26-28(21)19-10-7-15(2)11-18(19)24/h5-11,17H,12-13H2,1-4H3,(H,25,29). The maximum absolute atomic E-state index is 13.0. The molecule has 2 heterocycles. The maximum atomic E-state index is 13.0. The second-order valence-corrected chi connectivity index (χ2v) is 8.26. The molecule has 0 atom stereocenters. The number of carbonyl (C=O) groups is 1. The van der Waals surface area contributed by atoms with Crippen molar-refractivity contribution in [3.05, 3.63) is 64.3 Å². The van der Waals surface area contributed by atoms with Crippen molar-refractivity contribution >= 4 is 17.5 Å². The van der Waals surface area contributed by atoms with Gasteiger partial charge in [-0.1, -0.05) is 47.5 Å². The number of rotatable bonds is 5. The predicted molar refractivity (Wildman–Crippen MR) is 119 cm³/mol. The smallest absolute Gasteiger partial charge is 0.276 e. The van der Waals surface area contributed by atoms with Crippen LogP contribution in [0.4, 0.5) is 0 Å². The van der Waals surface area contributed by atoms with E-state index in [1.807, 2.05) is 63.4 Å². The average Bonchev–Trinajstić information content (AvgIpc) is 3.06. The highest BCUT2D eigenvalue weighted by Gasteiger charge is 2.30. The molecule has 0 unspecified atom stereocenters. The number of hydrogen-bond donors (Lipinski definition) is 1. The highest BCUT2D eigenvalue weighted by Crippen LogP contribution is 2.37. The van der Waals surface area contributed by atoms with Gasteiger partial charge in [-0.05, 0) is 38.6 Å². The minimum absolute atomic E-state index is 0.114. The molecule has 1 N–H and O–H groups in total. The van der Waals surface area contributed by atoms with Crippen LogP contribution < -0.4 is 10.1 Å². The molecule has 0 aliphatic carbocycles. The lowest BCUT2D eigenvalue weighted by atomic mass is 10.1. The van der Waals surface area contributed by atoms with Gasteiger partial charge in [-0.15, -0.1) is 0 Å². The third kappa shape index (κ3) is 3.80. The molecule has 3 aromatic rings. The van der Waals surface area contributed by atoms with Gasteiger partial charge in [0.1, 0.15) is 5.69 Å². The van der Waals surface area contributed by atoms with Crippen molar-refractivity contribution in [3.8, 4) is 22.7 Å². The molecule has 0 saturated carbocycles. The van der Waals surface area contributed by atoms with E-state index in [4.69, 9.17) is 16.3 Å². The summed E-state index contributed by atoms with van der Waals surface area (Å²) in [5.74, 6) is 0.181. The van der Waals surface area contributed by atoms with Crippen LogP contribution in [0.2, 0.25) is 5.02 Å². The van der Waals surface area contributed by atoms with Gasteiger partial charge in [0.25, 0.3) is 5.91 Å². The zero-order valence-electron chi connectivity index (χ0n) is 17.6. The monoisotopic (exact) mass is 424 g/mol. The highest BCUT2D eigenvalue weighted by atomic mass is 35.5. The fraction of sp³-hybridized carbons (Fsp3) is 0.304. The third-order valence-corrected chi connectivity index (χ3v) is 5.62. The first kappa shape index (κ1) is 20.4. The topological polar surface area (TPSA) is 59.4 Å². The number of likely N-dealkylation sites (tertiary alicyclic amines) is 1. The molecule has 1 aliphatic rings. The zero-order chi connectivity index (χ0) is 21.4. The predicted octanol–water partition coefficient (Wildman–Crippen LogP) is 3.86. The highest BCUT2D eigenvalue weighted by molar-refractivity contribution is 6.32. The number of aryl methyl sites for hydroxylation is 2. The SMILES string of the molecule is COc1c(C(=O)NC2CN(C)C2)nn(-c2ccc(C)cc2Cl)c1-c1ccc(C)cc1. The van der Waals surface area contributed by atoms with E-state index in [1.165, 1.54) is 0 Å². The summed E-state index contributed by atoms with van der Waals surface area (Å²) in [4.78, 5) is 15.2. The summed E-state index contributed by atoms with van der Waals surface area (Å²) in [6.45, 7) is 5.66. The van der Waals surface area contributed by atoms with E-state index in [0.717, 1.165) is 29.8 Å². The van der Waals surface area contributed by atoms with Crippen LogP contribution in [0.5, 0.6) is 5.75 Å². The summed E-state index contributed by atoms with van der Waals surface area (Å²) < 4.78 is 7.41. The quantitative estimate of drug-likeness (QED) is 0.675. The Kier molecular flexibility index (Phi) is 5.54. The molecule has 6 nitrogen and oxygen atoms in total. The Morgan fingerprint density at radius 1 is 1.13 bits per heavy atom. The Bertz CT molecular complexity index is 1090. The number of nitrogens with zero attached hydrogens (tertiary/aromatic N) is 3. The second-order valence-electron chi connectivity index (χ2n) is 7.85. The molecular formula is C23H25ClN4O2. The van der Waals surface area contributed by atoms with Crippen LogP contribution >= 0.6 is 11.6 Å². The first-order chi connectivity index (χ1) is 14.4. The van der Waals surface area contributed by atoms with E-state index in [9.17, 15) is 4.79 Å². The molecule has 0 spiro atoms. The van der Waals surface area contributed by atoms with Gasteiger partial charge in [0.05, 0.1) is 23.9 Å². The van der Waals surface area contributed by atoms with Gasteiger partial charge >= 0.3 is 0 Å². The minimum Gasteiger partial charge on any atom is -0.492 e. The Morgan fingerprint density at radius 3 is 2.40 bits per heavy atom. The molecule has 4 rings (SSSR count). The summed E-state index contributed by atoms with van der Waals surface area (Å²) in [7, 11) is 3.58. The molecule has 0 radical (unpaired) electrons. The lowest BCUT2D eigenvalue weighted by Gasteiger charge is -2.36. The number of likely N-dealkylation sites (N-methyl/N-ethyl adjacent to an activating group) is 1. The van der Waals surface area contributed by atoms with Crippen molar-refractivity contribution < 1.29 is 9.53 Å². The first-order valence-corrected chi connectivity index (χ1v) is 10.2. The van der Waals surface area contributed by atoms with Crippen molar-refractivity contribution in [1.82, 2.24) is 20.0 Å². The van der Waals surface area contributed by atoms with E-state index >= 15 is 0 Å². The van der Waals surface area contributed by atoms with E-state index in [-0.39, 0.29) is 17.6 Å². The van der Waals surface area contributed by atoms with Crippen LogP contribution in [0.15, 0.2) is 42.5 Å². The third-order valence-electron chi connectivity index (χ3n) is 5.32. The number of hydrogen-bond acceptors (Lipinski definition) is 4. The minimum atomic E-state index is -0.250. The summed E-state index contributed by atoms with van der Waals surface area (Å²) in [5, 5.41) is 8.25. The van der Waals surface area contributed by atoms with Gasteiger partial charge in [0.2, 0.25) is 0 Å². The van der Waals surface area contributed by atoms with Gasteiger partial charge in [-0.2, -0.15) is 5.10 Å². The van der Waals surface area contributed by atoms with Crippen LogP contribution in [0.3, 0.4) is 0 Å². The number of aromatic nitrogens is 2. The van der Waals surface area contributed by atoms with Gasteiger partial charge < -0.3 is 15.0 Å². The van der Waals surface area contributed by atoms with E-state index < -0.39 is 0 Å². The fourth-order valence-corrected chi connectivity index (χ4v) is 4.03. The Labute approximate surface area is 181 Å². The molecule has 1 aliphatic heterocycles. The molecular weight excluding hydrogens is 400 g/mol. The summed E-state index contributed by atoms with van der Waals surface area (Å²) >= 11 is 6.56. The molecule has 1 saturated heterocycles. The summed E-state index contributed by atoms with van der Waals surface area (Å²) in [6, 6.07) is 13.9. The van der Waals surface area contributed by atoms with Gasteiger partial charge in [0.15, 0.2) is 11.4 Å². The van der Waals surface area contributed by atoms with E-state index in [2.05, 4.69) is 15.3 Å². The normalized spacial score (nSPS) is 14.4. The molecule has 0 bridgehead atoms. The molecule has 1 aromatic heterocycles. The molecule has 30 heavy (non-hydrogen) atoms. The van der Waals surface area contributed by atoms with Crippen molar-refractivity contribution in [1.29, 1.82) is 0 Å². The molecule has 156 valence electrons. The zero-order valence-corrected chi connectivity index (χ0v) is 18.3. The van der Waals surface area contributed by atoms with Crippen molar-refractivity contribution in [3.63, 3.8) is 0 Å². The fourth-order valence-electron chi connectivity index (χ4n) is 3.71. The number of nitrogens with one attached hydrogen (secondary N) is 1. The first-order valence-electron chi connectivity index (χ1n) is 9.87. The summed E-state index contributed by atoms with van der Waals surface area (Å²) in [6.07, 6.45) is 0. The number of benzene rings is 2. The van der Waals surface area contributed by atoms with Crippen molar-refractivity contribution in [2.75, 3.05) is 27.2 Å². The summed E-state index contributed by atoms with van der Waals surface area (Å²) in [5.41, 5.74) is 4.72. The number of ether oxygens (including phenoxy) is 1. The van der Waals surface area contributed by atoms with Crippen LogP contribution in [0.25, 0.3) is 16.9 Å². The molecule has 7 heteroatoms. The second kappa shape index (κ2) is 8.13. The van der Waals surface area contributed by atoms with Gasteiger partial charge in [-0.3, -0.25) is 4.79 Å². The molecule has 2 aromatic carbocycles. The van der Waals surface area contributed by atoms with Crippen LogP contribution in [-0.4, -0.2) is 53.9 Å². The molecule has 1 fully saturated rings. The maximum Gasteiger partial charge on any atom is 0.276 e. The number of methoxy groups -OCH3 is 1. The Morgan fingerprint density at radius 2 is 1.80 bits per heavy atom. The van der Waals surface area contributed by atoms with Gasteiger partial charge in [0, 0.05) is 18.7 Å². The lowest BCUT2D eigenvalue weighted by Crippen LogP contribution is -2.57. The lowest BCUT2D eigenvalue weighted by molar-refractivity contribution is 0.0849. The van der Waals surface area contributed by atoms with E-state index in [1.54, 1.807) is 11.8 Å². The number of amides is 1. The molecule has 1 amide bonds. The van der Waals surface area contributed by atoms with Crippen LogP contribution in [0, 0.1) is 13.8 Å². The Balaban J connectivity index is 1.85. The van der Waals surface area contributed by atoms with Crippen molar-refractivity contribution in [2.24, 2.45) is 0 Å². The van der Waals surface area contributed by atoms with Crippen LogP contribution in [0.1, 0.15) is 21.6 Å². The largest absolute Gasteiger partial charge is 0.492 e. The van der Waals surface area contributed by atoms with Crippen LogP contribution in [-0.2, 0) is 0 Å². The van der Waals surface area contributed by atoms with Gasteiger partial charge in [-0.25, -0.2) is 4.68 Å². The number of halogens is 1. The number of carbonyl (C=O) groups excluding carboxylic acids is 1. The van der Waals surface area contributed by atoms with E-state index in [0.29, 0.717) is 22.2 Å². The average molecular weight is 425 g/mol. The van der Waals surface area contributed by atoms with Crippen molar-refractivity contribution in [2.45, 2.75) is 19.9 Å².